The van der Waals surface area contributed by atoms with Crippen LogP contribution in [0.3, 0.4) is 0 Å². The van der Waals surface area contributed by atoms with Gasteiger partial charge in [0, 0.05) is 11.5 Å². The van der Waals surface area contributed by atoms with Gasteiger partial charge in [0.15, 0.2) is 0 Å². The number of benzene rings is 1. The molecule has 1 aromatic carbocycles. The Hall–Kier alpha value is -1.06. The van der Waals surface area contributed by atoms with Crippen LogP contribution >= 0.6 is 0 Å². The molecule has 0 amide bonds. The molecule has 3 rings (SSSR count). The van der Waals surface area contributed by atoms with E-state index >= 15 is 0 Å². The van der Waals surface area contributed by atoms with Crippen LogP contribution in [0.25, 0.3) is 0 Å². The highest BCUT2D eigenvalue weighted by atomic mass is 16.5. The van der Waals surface area contributed by atoms with Gasteiger partial charge in [-0.1, -0.05) is 19.1 Å². The van der Waals surface area contributed by atoms with Gasteiger partial charge in [-0.25, -0.2) is 0 Å². The largest absolute Gasteiger partial charge is 0.493 e. The standard InChI is InChI=1S/C15H21NO2/c1-15(9-17-10-15)11-18-13-5-2-4-12(8-13)14-6-3-7-16-14/h2,4-5,8,14,16H,3,6-7,9-11H2,1H3. The molecular formula is C15H21NO2. The summed E-state index contributed by atoms with van der Waals surface area (Å²) >= 11 is 0. The zero-order valence-corrected chi connectivity index (χ0v) is 10.9. The van der Waals surface area contributed by atoms with E-state index in [-0.39, 0.29) is 5.41 Å². The fraction of sp³-hybridized carbons (Fsp3) is 0.600. The molecule has 3 heteroatoms. The van der Waals surface area contributed by atoms with Crippen molar-refractivity contribution in [2.75, 3.05) is 26.4 Å². The summed E-state index contributed by atoms with van der Waals surface area (Å²) in [5.41, 5.74) is 1.56. The van der Waals surface area contributed by atoms with Crippen molar-refractivity contribution >= 4 is 0 Å². The first-order valence-corrected chi connectivity index (χ1v) is 6.79. The van der Waals surface area contributed by atoms with Gasteiger partial charge in [0.25, 0.3) is 0 Å². The zero-order valence-electron chi connectivity index (χ0n) is 10.9. The topological polar surface area (TPSA) is 30.5 Å². The molecule has 98 valence electrons. The Balaban J connectivity index is 1.63. The minimum absolute atomic E-state index is 0.210. The van der Waals surface area contributed by atoms with Gasteiger partial charge in [0.2, 0.25) is 0 Å². The van der Waals surface area contributed by atoms with Crippen molar-refractivity contribution in [1.29, 1.82) is 0 Å². The second-order valence-electron chi connectivity index (χ2n) is 5.81. The highest BCUT2D eigenvalue weighted by Gasteiger charge is 2.34. The highest BCUT2D eigenvalue weighted by molar-refractivity contribution is 5.31. The Labute approximate surface area is 108 Å². The second kappa shape index (κ2) is 4.90. The molecule has 2 aliphatic heterocycles. The average molecular weight is 247 g/mol. The summed E-state index contributed by atoms with van der Waals surface area (Å²) in [6.07, 6.45) is 2.50. The average Bonchev–Trinajstić information content (AvgIpc) is 2.88. The maximum Gasteiger partial charge on any atom is 0.119 e. The van der Waals surface area contributed by atoms with Crippen molar-refractivity contribution in [2.45, 2.75) is 25.8 Å². The van der Waals surface area contributed by atoms with Crippen LogP contribution in [-0.4, -0.2) is 26.4 Å². The van der Waals surface area contributed by atoms with Crippen molar-refractivity contribution in [3.05, 3.63) is 29.8 Å². The normalized spacial score (nSPS) is 25.7. The van der Waals surface area contributed by atoms with E-state index in [2.05, 4.69) is 30.4 Å². The van der Waals surface area contributed by atoms with Gasteiger partial charge in [0.05, 0.1) is 19.8 Å². The first kappa shape index (κ1) is 12.0. The highest BCUT2D eigenvalue weighted by Crippen LogP contribution is 2.29. The lowest BCUT2D eigenvalue weighted by molar-refractivity contribution is -0.120. The van der Waals surface area contributed by atoms with Crippen molar-refractivity contribution in [3.63, 3.8) is 0 Å². The fourth-order valence-corrected chi connectivity index (χ4v) is 2.58. The number of nitrogens with one attached hydrogen (secondary N) is 1. The van der Waals surface area contributed by atoms with E-state index in [0.29, 0.717) is 6.04 Å². The van der Waals surface area contributed by atoms with Crippen LogP contribution in [0.15, 0.2) is 24.3 Å². The first-order chi connectivity index (χ1) is 8.75. The lowest BCUT2D eigenvalue weighted by Gasteiger charge is -2.37. The summed E-state index contributed by atoms with van der Waals surface area (Å²) in [6.45, 7) is 5.71. The lowest BCUT2D eigenvalue weighted by atomic mass is 9.90. The van der Waals surface area contributed by atoms with Crippen molar-refractivity contribution in [2.24, 2.45) is 5.41 Å². The summed E-state index contributed by atoms with van der Waals surface area (Å²) < 4.78 is 11.1. The van der Waals surface area contributed by atoms with E-state index < -0.39 is 0 Å². The number of hydrogen-bond donors (Lipinski definition) is 1. The molecule has 1 atom stereocenters. The summed E-state index contributed by atoms with van der Waals surface area (Å²) in [5, 5.41) is 3.52. The summed E-state index contributed by atoms with van der Waals surface area (Å²) in [4.78, 5) is 0. The number of ether oxygens (including phenoxy) is 2. The van der Waals surface area contributed by atoms with Gasteiger partial charge < -0.3 is 14.8 Å². The van der Waals surface area contributed by atoms with Gasteiger partial charge in [0.1, 0.15) is 5.75 Å². The minimum atomic E-state index is 0.210. The van der Waals surface area contributed by atoms with Gasteiger partial charge in [-0.3, -0.25) is 0 Å². The van der Waals surface area contributed by atoms with E-state index in [1.54, 1.807) is 0 Å². The lowest BCUT2D eigenvalue weighted by Crippen LogP contribution is -2.44. The van der Waals surface area contributed by atoms with Gasteiger partial charge in [-0.05, 0) is 37.1 Å². The van der Waals surface area contributed by atoms with Crippen molar-refractivity contribution in [1.82, 2.24) is 5.32 Å². The minimum Gasteiger partial charge on any atom is -0.493 e. The molecule has 1 N–H and O–H groups in total. The maximum atomic E-state index is 5.91. The Morgan fingerprint density at radius 1 is 1.44 bits per heavy atom. The Bertz CT molecular complexity index is 409. The van der Waals surface area contributed by atoms with Gasteiger partial charge in [-0.2, -0.15) is 0 Å². The van der Waals surface area contributed by atoms with Gasteiger partial charge in [-0.15, -0.1) is 0 Å². The monoisotopic (exact) mass is 247 g/mol. The molecule has 18 heavy (non-hydrogen) atoms. The maximum absolute atomic E-state index is 5.91. The second-order valence-corrected chi connectivity index (χ2v) is 5.81. The number of rotatable bonds is 4. The molecule has 0 radical (unpaired) electrons. The molecule has 1 unspecified atom stereocenters. The summed E-state index contributed by atoms with van der Waals surface area (Å²) in [6, 6.07) is 9.00. The van der Waals surface area contributed by atoms with E-state index in [9.17, 15) is 0 Å². The molecule has 0 spiro atoms. The van der Waals surface area contributed by atoms with E-state index in [1.807, 2.05) is 6.07 Å². The van der Waals surface area contributed by atoms with Crippen LogP contribution in [0.5, 0.6) is 5.75 Å². The van der Waals surface area contributed by atoms with Crippen molar-refractivity contribution in [3.8, 4) is 5.75 Å². The molecular weight excluding hydrogens is 226 g/mol. The fourth-order valence-electron chi connectivity index (χ4n) is 2.58. The summed E-state index contributed by atoms with van der Waals surface area (Å²) in [5.74, 6) is 0.981. The van der Waals surface area contributed by atoms with Crippen LogP contribution in [0.4, 0.5) is 0 Å². The molecule has 0 bridgehead atoms. The molecule has 2 saturated heterocycles. The zero-order chi connectivity index (χ0) is 12.4. The third kappa shape index (κ3) is 2.52. The molecule has 2 aliphatic rings. The first-order valence-electron chi connectivity index (χ1n) is 6.79. The quantitative estimate of drug-likeness (QED) is 0.887. The van der Waals surface area contributed by atoms with E-state index in [4.69, 9.17) is 9.47 Å². The van der Waals surface area contributed by atoms with E-state index in [1.165, 1.54) is 18.4 Å². The Morgan fingerprint density at radius 3 is 3.00 bits per heavy atom. The predicted molar refractivity (Wildman–Crippen MR) is 70.8 cm³/mol. The Kier molecular flexibility index (Phi) is 3.27. The molecule has 2 fully saturated rings. The van der Waals surface area contributed by atoms with Crippen molar-refractivity contribution < 1.29 is 9.47 Å². The molecule has 0 aromatic heterocycles. The molecule has 2 heterocycles. The van der Waals surface area contributed by atoms with Crippen LogP contribution in [0, 0.1) is 5.41 Å². The SMILES string of the molecule is CC1(COc2cccc(C3CCCN3)c2)COC1. The molecule has 1 aromatic rings. The molecule has 3 nitrogen and oxygen atoms in total. The predicted octanol–water partition coefficient (Wildman–Crippen LogP) is 2.53. The van der Waals surface area contributed by atoms with Crippen LogP contribution in [0.1, 0.15) is 31.4 Å². The molecule has 0 saturated carbocycles. The molecule has 0 aliphatic carbocycles. The Morgan fingerprint density at radius 2 is 2.33 bits per heavy atom. The third-order valence-corrected chi connectivity index (χ3v) is 3.81. The van der Waals surface area contributed by atoms with Crippen LogP contribution < -0.4 is 10.1 Å². The summed E-state index contributed by atoms with van der Waals surface area (Å²) in [7, 11) is 0. The number of hydrogen-bond acceptors (Lipinski definition) is 3. The smallest absolute Gasteiger partial charge is 0.119 e. The van der Waals surface area contributed by atoms with Crippen LogP contribution in [-0.2, 0) is 4.74 Å². The third-order valence-electron chi connectivity index (χ3n) is 3.81. The van der Waals surface area contributed by atoms with E-state index in [0.717, 1.165) is 32.1 Å². The van der Waals surface area contributed by atoms with Crippen LogP contribution in [0.2, 0.25) is 0 Å². The van der Waals surface area contributed by atoms with Gasteiger partial charge >= 0.3 is 0 Å².